The van der Waals surface area contributed by atoms with Crippen LogP contribution in [0.2, 0.25) is 0 Å². The molecule has 3 heterocycles. The molecule has 6 heteroatoms. The third kappa shape index (κ3) is 2.25. The molecule has 0 fully saturated rings. The van der Waals surface area contributed by atoms with Gasteiger partial charge in [-0.25, -0.2) is 4.98 Å². The van der Waals surface area contributed by atoms with Gasteiger partial charge in [0.15, 0.2) is 0 Å². The maximum Gasteiger partial charge on any atom is 0.282 e. The first kappa shape index (κ1) is 13.3. The number of aryl methyl sites for hydroxylation is 2. The topological polar surface area (TPSA) is 60.1 Å². The van der Waals surface area contributed by atoms with Crippen LogP contribution in [-0.2, 0) is 12.8 Å². The first-order valence-electron chi connectivity index (χ1n) is 7.29. The Morgan fingerprint density at radius 2 is 2.23 bits per heavy atom. The van der Waals surface area contributed by atoms with Crippen molar-refractivity contribution < 1.29 is 0 Å². The van der Waals surface area contributed by atoms with E-state index in [0.717, 1.165) is 35.0 Å². The smallest absolute Gasteiger partial charge is 0.267 e. The summed E-state index contributed by atoms with van der Waals surface area (Å²) in [6.45, 7) is 0. The maximum atomic E-state index is 12.7. The van der Waals surface area contributed by atoms with Gasteiger partial charge in [0, 0.05) is 22.8 Å². The van der Waals surface area contributed by atoms with E-state index in [-0.39, 0.29) is 5.56 Å². The molecule has 0 saturated heterocycles. The molecule has 4 rings (SSSR count). The minimum absolute atomic E-state index is 0.0791. The first-order valence-corrected chi connectivity index (χ1v) is 8.11. The highest BCUT2D eigenvalue weighted by molar-refractivity contribution is 7.18. The quantitative estimate of drug-likeness (QED) is 0.684. The van der Waals surface area contributed by atoms with Crippen molar-refractivity contribution in [2.75, 3.05) is 0 Å². The summed E-state index contributed by atoms with van der Waals surface area (Å²) in [6, 6.07) is 3.72. The first-order chi connectivity index (χ1) is 10.8. The Balaban J connectivity index is 1.81. The normalized spacial score (nSPS) is 14.5. The second kappa shape index (κ2) is 5.46. The Morgan fingerprint density at radius 1 is 1.32 bits per heavy atom. The molecule has 0 bridgehead atoms. The van der Waals surface area contributed by atoms with E-state index in [2.05, 4.69) is 15.1 Å². The van der Waals surface area contributed by atoms with Crippen molar-refractivity contribution >= 4 is 27.8 Å². The Kier molecular flexibility index (Phi) is 3.31. The van der Waals surface area contributed by atoms with Crippen molar-refractivity contribution in [2.24, 2.45) is 5.10 Å². The van der Waals surface area contributed by atoms with Crippen molar-refractivity contribution in [3.8, 4) is 0 Å². The van der Waals surface area contributed by atoms with Crippen LogP contribution >= 0.6 is 11.3 Å². The van der Waals surface area contributed by atoms with Gasteiger partial charge in [0.2, 0.25) is 0 Å². The maximum absolute atomic E-state index is 12.7. The summed E-state index contributed by atoms with van der Waals surface area (Å²) in [6.07, 6.45) is 10.9. The predicted molar refractivity (Wildman–Crippen MR) is 87.8 cm³/mol. The Bertz CT molecular complexity index is 911. The van der Waals surface area contributed by atoms with Crippen LogP contribution < -0.4 is 5.56 Å². The van der Waals surface area contributed by atoms with Gasteiger partial charge in [0.1, 0.15) is 11.2 Å². The molecule has 3 aromatic rings. The van der Waals surface area contributed by atoms with Crippen molar-refractivity contribution in [2.45, 2.75) is 25.7 Å². The minimum atomic E-state index is -0.0791. The number of aromatic nitrogens is 3. The van der Waals surface area contributed by atoms with E-state index in [9.17, 15) is 4.79 Å². The molecule has 0 radical (unpaired) electrons. The summed E-state index contributed by atoms with van der Waals surface area (Å²) in [5.41, 5.74) is 1.96. The zero-order valence-corrected chi connectivity index (χ0v) is 12.7. The fraction of sp³-hybridized carbons (Fsp3) is 0.250. The SMILES string of the molecule is O=c1c2c3c(sc2ncn1N=Cc1cccnc1)CCCC3. The number of pyridine rings is 1. The third-order valence-electron chi connectivity index (χ3n) is 3.87. The van der Waals surface area contributed by atoms with Crippen molar-refractivity contribution in [1.29, 1.82) is 0 Å². The molecule has 3 aromatic heterocycles. The molecule has 0 N–H and O–H groups in total. The predicted octanol–water partition coefficient (Wildman–Crippen LogP) is 2.61. The van der Waals surface area contributed by atoms with Gasteiger partial charge in [-0.1, -0.05) is 6.07 Å². The molecule has 0 atom stereocenters. The second-order valence-electron chi connectivity index (χ2n) is 5.32. The van der Waals surface area contributed by atoms with E-state index in [1.54, 1.807) is 29.9 Å². The van der Waals surface area contributed by atoms with Crippen LogP contribution in [0.3, 0.4) is 0 Å². The van der Waals surface area contributed by atoms with E-state index < -0.39 is 0 Å². The number of fused-ring (bicyclic) bond motifs is 3. The zero-order valence-electron chi connectivity index (χ0n) is 11.9. The molecule has 22 heavy (non-hydrogen) atoms. The molecule has 1 aliphatic carbocycles. The van der Waals surface area contributed by atoms with Gasteiger partial charge < -0.3 is 0 Å². The van der Waals surface area contributed by atoms with E-state index in [1.807, 2.05) is 12.1 Å². The molecule has 0 unspecified atom stereocenters. The van der Waals surface area contributed by atoms with Crippen LogP contribution in [0.4, 0.5) is 0 Å². The fourth-order valence-electron chi connectivity index (χ4n) is 2.80. The highest BCUT2D eigenvalue weighted by Crippen LogP contribution is 2.33. The van der Waals surface area contributed by atoms with Crippen LogP contribution in [-0.4, -0.2) is 20.9 Å². The highest BCUT2D eigenvalue weighted by atomic mass is 32.1. The van der Waals surface area contributed by atoms with Gasteiger partial charge >= 0.3 is 0 Å². The largest absolute Gasteiger partial charge is 0.282 e. The summed E-state index contributed by atoms with van der Waals surface area (Å²) in [7, 11) is 0. The summed E-state index contributed by atoms with van der Waals surface area (Å²) in [5, 5.41) is 4.99. The van der Waals surface area contributed by atoms with Gasteiger partial charge in [0.25, 0.3) is 5.56 Å². The van der Waals surface area contributed by atoms with Crippen molar-refractivity contribution in [3.63, 3.8) is 0 Å². The van der Waals surface area contributed by atoms with Crippen LogP contribution in [0.15, 0.2) is 40.7 Å². The summed E-state index contributed by atoms with van der Waals surface area (Å²) in [4.78, 5) is 23.3. The lowest BCUT2D eigenvalue weighted by atomic mass is 9.97. The summed E-state index contributed by atoms with van der Waals surface area (Å²) < 4.78 is 1.32. The monoisotopic (exact) mass is 310 g/mol. The number of rotatable bonds is 2. The van der Waals surface area contributed by atoms with Crippen LogP contribution in [0.1, 0.15) is 28.8 Å². The number of nitrogens with zero attached hydrogens (tertiary/aromatic N) is 4. The highest BCUT2D eigenvalue weighted by Gasteiger charge is 2.19. The molecule has 0 aliphatic heterocycles. The van der Waals surface area contributed by atoms with Gasteiger partial charge in [-0.05, 0) is 37.3 Å². The van der Waals surface area contributed by atoms with E-state index in [0.29, 0.717) is 0 Å². The number of hydrogen-bond donors (Lipinski definition) is 0. The molecule has 0 amide bonds. The van der Waals surface area contributed by atoms with Gasteiger partial charge in [-0.3, -0.25) is 9.78 Å². The van der Waals surface area contributed by atoms with Crippen LogP contribution in [0.25, 0.3) is 10.2 Å². The number of hydrogen-bond acceptors (Lipinski definition) is 5. The van der Waals surface area contributed by atoms with Crippen molar-refractivity contribution in [3.05, 3.63) is 57.2 Å². The van der Waals surface area contributed by atoms with Gasteiger partial charge in [0.05, 0.1) is 11.6 Å². The summed E-state index contributed by atoms with van der Waals surface area (Å²) in [5.74, 6) is 0. The van der Waals surface area contributed by atoms with E-state index in [4.69, 9.17) is 0 Å². The average Bonchev–Trinajstić information content (AvgIpc) is 2.94. The molecular formula is C16H14N4OS. The van der Waals surface area contributed by atoms with Gasteiger partial charge in [-0.2, -0.15) is 9.78 Å². The lowest BCUT2D eigenvalue weighted by Crippen LogP contribution is -2.18. The molecule has 0 saturated carbocycles. The Labute approximate surface area is 131 Å². The molecule has 110 valence electrons. The van der Waals surface area contributed by atoms with E-state index in [1.165, 1.54) is 27.9 Å². The molecular weight excluding hydrogens is 296 g/mol. The minimum Gasteiger partial charge on any atom is -0.267 e. The molecule has 5 nitrogen and oxygen atoms in total. The average molecular weight is 310 g/mol. The summed E-state index contributed by atoms with van der Waals surface area (Å²) >= 11 is 1.65. The Hall–Kier alpha value is -2.34. The standard InChI is InChI=1S/C16H14N4OS/c21-16-14-12-5-1-2-6-13(12)22-15(14)18-10-20(16)19-9-11-4-3-7-17-8-11/h3-4,7-10H,1-2,5-6H2. The zero-order chi connectivity index (χ0) is 14.9. The fourth-order valence-corrected chi connectivity index (χ4v) is 4.02. The van der Waals surface area contributed by atoms with E-state index >= 15 is 0 Å². The van der Waals surface area contributed by atoms with Gasteiger partial charge in [-0.15, -0.1) is 11.3 Å². The van der Waals surface area contributed by atoms with Crippen LogP contribution in [0, 0.1) is 0 Å². The molecule has 0 spiro atoms. The van der Waals surface area contributed by atoms with Crippen molar-refractivity contribution in [1.82, 2.24) is 14.6 Å². The lowest BCUT2D eigenvalue weighted by Gasteiger charge is -2.09. The third-order valence-corrected chi connectivity index (χ3v) is 5.07. The second-order valence-corrected chi connectivity index (χ2v) is 6.40. The molecule has 1 aliphatic rings. The number of thiophene rings is 1. The Morgan fingerprint density at radius 3 is 3.09 bits per heavy atom. The lowest BCUT2D eigenvalue weighted by molar-refractivity contribution is 0.699. The van der Waals surface area contributed by atoms with Crippen LogP contribution in [0.5, 0.6) is 0 Å². The molecule has 0 aromatic carbocycles.